The van der Waals surface area contributed by atoms with Crippen LogP contribution in [-0.2, 0) is 6.42 Å². The Bertz CT molecular complexity index is 626. The van der Waals surface area contributed by atoms with E-state index < -0.39 is 0 Å². The summed E-state index contributed by atoms with van der Waals surface area (Å²) in [7, 11) is 1.65. The number of fused-ring (bicyclic) bond motifs is 1. The molecule has 0 saturated heterocycles. The Labute approximate surface area is 132 Å². The van der Waals surface area contributed by atoms with E-state index in [1.165, 1.54) is 24.8 Å². The number of aromatic nitrogens is 1. The van der Waals surface area contributed by atoms with Gasteiger partial charge in [-0.05, 0) is 24.5 Å². The Morgan fingerprint density at radius 3 is 2.68 bits per heavy atom. The van der Waals surface area contributed by atoms with Gasteiger partial charge in [0.2, 0.25) is 0 Å². The minimum absolute atomic E-state index is 0.625. The average molecular weight is 302 g/mol. The number of hydrogen-bond donors (Lipinski definition) is 1. The number of hydrogen-bond acceptors (Lipinski definition) is 4. The third-order valence-electron chi connectivity index (χ3n) is 3.89. The summed E-state index contributed by atoms with van der Waals surface area (Å²) in [6, 6.07) is 3.82. The molecule has 0 atom stereocenters. The summed E-state index contributed by atoms with van der Waals surface area (Å²) >= 11 is 0. The second kappa shape index (κ2) is 7.87. The Morgan fingerprint density at radius 2 is 2.00 bits per heavy atom. The number of nitrogens with zero attached hydrogens (tertiary/aromatic N) is 1. The molecule has 0 aliphatic carbocycles. The standard InChI is InChI=1S/C18H26N2O2/c1-4-6-7-8-11-22-18-15(21-3)12-14(19)17-16(18)13(5-2)9-10-20-17/h9-10,12H,4-8,11,19H2,1-3H3. The fourth-order valence-corrected chi connectivity index (χ4v) is 2.66. The first-order valence-corrected chi connectivity index (χ1v) is 8.09. The highest BCUT2D eigenvalue weighted by Crippen LogP contribution is 2.40. The van der Waals surface area contributed by atoms with E-state index in [0.29, 0.717) is 18.0 Å². The zero-order valence-corrected chi connectivity index (χ0v) is 13.8. The van der Waals surface area contributed by atoms with Gasteiger partial charge in [-0.25, -0.2) is 0 Å². The summed E-state index contributed by atoms with van der Waals surface area (Å²) in [6.45, 7) is 5.01. The molecule has 0 bridgehead atoms. The van der Waals surface area contributed by atoms with Crippen molar-refractivity contribution in [2.45, 2.75) is 46.0 Å². The fourth-order valence-electron chi connectivity index (χ4n) is 2.66. The smallest absolute Gasteiger partial charge is 0.170 e. The van der Waals surface area contributed by atoms with Crippen LogP contribution < -0.4 is 15.2 Å². The van der Waals surface area contributed by atoms with E-state index in [1.807, 2.05) is 6.07 Å². The number of pyridine rings is 1. The van der Waals surface area contributed by atoms with Crippen molar-refractivity contribution in [3.8, 4) is 11.5 Å². The van der Waals surface area contributed by atoms with Gasteiger partial charge in [0.05, 0.1) is 30.3 Å². The molecule has 0 aliphatic rings. The van der Waals surface area contributed by atoms with Crippen LogP contribution in [0.3, 0.4) is 0 Å². The topological polar surface area (TPSA) is 57.4 Å². The van der Waals surface area contributed by atoms with Crippen LogP contribution in [0.25, 0.3) is 10.9 Å². The second-order valence-corrected chi connectivity index (χ2v) is 5.45. The van der Waals surface area contributed by atoms with Crippen LogP contribution in [0, 0.1) is 0 Å². The molecule has 1 aromatic heterocycles. The Morgan fingerprint density at radius 1 is 1.18 bits per heavy atom. The molecule has 22 heavy (non-hydrogen) atoms. The number of nitrogen functional groups attached to an aromatic ring is 1. The molecule has 0 spiro atoms. The van der Waals surface area contributed by atoms with Gasteiger partial charge < -0.3 is 15.2 Å². The van der Waals surface area contributed by atoms with Gasteiger partial charge in [0, 0.05) is 12.3 Å². The van der Waals surface area contributed by atoms with Gasteiger partial charge in [0.1, 0.15) is 0 Å². The second-order valence-electron chi connectivity index (χ2n) is 5.45. The molecule has 0 radical (unpaired) electrons. The minimum Gasteiger partial charge on any atom is -0.493 e. The third kappa shape index (κ3) is 3.43. The largest absolute Gasteiger partial charge is 0.493 e. The highest BCUT2D eigenvalue weighted by atomic mass is 16.5. The van der Waals surface area contributed by atoms with Gasteiger partial charge in [0.25, 0.3) is 0 Å². The van der Waals surface area contributed by atoms with Crippen LogP contribution in [0.4, 0.5) is 5.69 Å². The molecule has 0 fully saturated rings. The molecule has 2 N–H and O–H groups in total. The average Bonchev–Trinajstić information content (AvgIpc) is 2.55. The lowest BCUT2D eigenvalue weighted by Crippen LogP contribution is -2.03. The first-order valence-electron chi connectivity index (χ1n) is 8.09. The first-order chi connectivity index (χ1) is 10.7. The number of nitrogens with two attached hydrogens (primary N) is 1. The van der Waals surface area contributed by atoms with E-state index in [0.717, 1.165) is 29.5 Å². The quantitative estimate of drug-likeness (QED) is 0.582. The summed E-state index contributed by atoms with van der Waals surface area (Å²) in [5.41, 5.74) is 8.72. The molecule has 2 rings (SSSR count). The Kier molecular flexibility index (Phi) is 5.87. The first kappa shape index (κ1) is 16.4. The third-order valence-corrected chi connectivity index (χ3v) is 3.89. The summed E-state index contributed by atoms with van der Waals surface area (Å²) < 4.78 is 11.5. The van der Waals surface area contributed by atoms with E-state index in [4.69, 9.17) is 15.2 Å². The molecule has 4 nitrogen and oxygen atoms in total. The lowest BCUT2D eigenvalue weighted by atomic mass is 10.0. The van der Waals surface area contributed by atoms with E-state index in [1.54, 1.807) is 19.4 Å². The van der Waals surface area contributed by atoms with Gasteiger partial charge in [-0.1, -0.05) is 33.1 Å². The van der Waals surface area contributed by atoms with Crippen molar-refractivity contribution in [2.24, 2.45) is 0 Å². The number of anilines is 1. The molecule has 0 unspecified atom stereocenters. The molecule has 2 aromatic rings. The van der Waals surface area contributed by atoms with Crippen molar-refractivity contribution in [3.63, 3.8) is 0 Å². The van der Waals surface area contributed by atoms with Crippen LogP contribution in [-0.4, -0.2) is 18.7 Å². The molecular weight excluding hydrogens is 276 g/mol. The summed E-state index contributed by atoms with van der Waals surface area (Å²) in [5, 5.41) is 0.984. The van der Waals surface area contributed by atoms with Crippen molar-refractivity contribution in [3.05, 3.63) is 23.9 Å². The van der Waals surface area contributed by atoms with Crippen LogP contribution in [0.5, 0.6) is 11.5 Å². The van der Waals surface area contributed by atoms with Gasteiger partial charge in [-0.15, -0.1) is 0 Å². The zero-order valence-electron chi connectivity index (χ0n) is 13.8. The van der Waals surface area contributed by atoms with E-state index in [2.05, 4.69) is 18.8 Å². The number of methoxy groups -OCH3 is 1. The number of ether oxygens (including phenoxy) is 2. The predicted octanol–water partition coefficient (Wildman–Crippen LogP) is 4.35. The lowest BCUT2D eigenvalue weighted by Gasteiger charge is -2.16. The molecule has 120 valence electrons. The van der Waals surface area contributed by atoms with E-state index in [9.17, 15) is 0 Å². The summed E-state index contributed by atoms with van der Waals surface area (Å²) in [6.07, 6.45) is 7.39. The van der Waals surface area contributed by atoms with Crippen LogP contribution >= 0.6 is 0 Å². The normalized spacial score (nSPS) is 10.9. The number of unbranched alkanes of at least 4 members (excludes halogenated alkanes) is 3. The molecule has 1 heterocycles. The highest BCUT2D eigenvalue weighted by Gasteiger charge is 2.16. The predicted molar refractivity (Wildman–Crippen MR) is 91.7 cm³/mol. The van der Waals surface area contributed by atoms with Crippen molar-refractivity contribution in [1.29, 1.82) is 0 Å². The number of benzene rings is 1. The van der Waals surface area contributed by atoms with Gasteiger partial charge in [-0.3, -0.25) is 4.98 Å². The van der Waals surface area contributed by atoms with Crippen LogP contribution in [0.1, 0.15) is 45.1 Å². The zero-order chi connectivity index (χ0) is 15.9. The molecule has 0 aliphatic heterocycles. The van der Waals surface area contributed by atoms with Gasteiger partial charge in [-0.2, -0.15) is 0 Å². The fraction of sp³-hybridized carbons (Fsp3) is 0.500. The monoisotopic (exact) mass is 302 g/mol. The maximum Gasteiger partial charge on any atom is 0.170 e. The Hall–Kier alpha value is -1.97. The van der Waals surface area contributed by atoms with Crippen LogP contribution in [0.2, 0.25) is 0 Å². The van der Waals surface area contributed by atoms with Gasteiger partial charge in [0.15, 0.2) is 11.5 Å². The number of aryl methyl sites for hydroxylation is 1. The maximum absolute atomic E-state index is 6.12. The maximum atomic E-state index is 6.12. The molecule has 1 aromatic carbocycles. The van der Waals surface area contributed by atoms with Crippen LogP contribution in [0.15, 0.2) is 18.3 Å². The molecular formula is C18H26N2O2. The summed E-state index contributed by atoms with van der Waals surface area (Å²) in [4.78, 5) is 4.42. The molecule has 0 amide bonds. The summed E-state index contributed by atoms with van der Waals surface area (Å²) in [5.74, 6) is 1.45. The Balaban J connectivity index is 2.38. The lowest BCUT2D eigenvalue weighted by molar-refractivity contribution is 0.288. The van der Waals surface area contributed by atoms with Gasteiger partial charge >= 0.3 is 0 Å². The van der Waals surface area contributed by atoms with Crippen molar-refractivity contribution >= 4 is 16.6 Å². The molecule has 0 saturated carbocycles. The minimum atomic E-state index is 0.625. The molecule has 4 heteroatoms. The van der Waals surface area contributed by atoms with E-state index in [-0.39, 0.29) is 0 Å². The SMILES string of the molecule is CCCCCCOc1c(OC)cc(N)c2nccc(CC)c12. The van der Waals surface area contributed by atoms with Crippen molar-refractivity contribution in [1.82, 2.24) is 4.98 Å². The van der Waals surface area contributed by atoms with E-state index >= 15 is 0 Å². The van der Waals surface area contributed by atoms with Crippen molar-refractivity contribution in [2.75, 3.05) is 19.5 Å². The number of rotatable bonds is 8. The highest BCUT2D eigenvalue weighted by molar-refractivity contribution is 5.98. The van der Waals surface area contributed by atoms with Crippen molar-refractivity contribution < 1.29 is 9.47 Å².